The first-order valence-electron chi connectivity index (χ1n) is 7.59. The van der Waals surface area contributed by atoms with E-state index in [0.29, 0.717) is 30.6 Å². The van der Waals surface area contributed by atoms with E-state index in [1.807, 2.05) is 17.5 Å². The maximum atomic E-state index is 12.6. The average molecular weight is 377 g/mol. The van der Waals surface area contributed by atoms with Crippen LogP contribution in [0.2, 0.25) is 0 Å². The quantitative estimate of drug-likeness (QED) is 0.679. The molecule has 1 aliphatic rings. The van der Waals surface area contributed by atoms with Gasteiger partial charge in [0.25, 0.3) is 0 Å². The molecule has 3 heterocycles. The smallest absolute Gasteiger partial charge is 0.243 e. The number of sulfonamides is 1. The van der Waals surface area contributed by atoms with Crippen molar-refractivity contribution in [1.29, 1.82) is 0 Å². The van der Waals surface area contributed by atoms with Gasteiger partial charge in [-0.2, -0.15) is 9.29 Å². The van der Waals surface area contributed by atoms with E-state index in [2.05, 4.69) is 10.1 Å². The Morgan fingerprint density at radius 3 is 2.64 bits per heavy atom. The number of benzene rings is 1. The summed E-state index contributed by atoms with van der Waals surface area (Å²) in [5, 5.41) is 5.91. The van der Waals surface area contributed by atoms with E-state index in [1.54, 1.807) is 31.4 Å². The highest BCUT2D eigenvalue weighted by Gasteiger charge is 2.40. The van der Waals surface area contributed by atoms with Gasteiger partial charge >= 0.3 is 0 Å². The van der Waals surface area contributed by atoms with Crippen LogP contribution in [-0.4, -0.2) is 43.1 Å². The van der Waals surface area contributed by atoms with Crippen LogP contribution < -0.4 is 4.74 Å². The largest absolute Gasteiger partial charge is 0.497 e. The van der Waals surface area contributed by atoms with Gasteiger partial charge in [0.2, 0.25) is 21.7 Å². The van der Waals surface area contributed by atoms with Crippen LogP contribution in [0.15, 0.2) is 51.2 Å². The molecule has 1 aromatic carbocycles. The molecule has 0 bridgehead atoms. The number of rotatable bonds is 5. The number of nitrogens with zero attached hydrogens (tertiary/aromatic N) is 3. The second kappa shape index (κ2) is 6.25. The molecular weight excluding hydrogens is 362 g/mol. The summed E-state index contributed by atoms with van der Waals surface area (Å²) < 4.78 is 37.0. The van der Waals surface area contributed by atoms with Crippen LogP contribution in [0.4, 0.5) is 0 Å². The molecule has 25 heavy (non-hydrogen) atoms. The Bertz CT molecular complexity index is 959. The lowest BCUT2D eigenvalue weighted by Crippen LogP contribution is -2.48. The van der Waals surface area contributed by atoms with Crippen molar-refractivity contribution in [1.82, 2.24) is 14.4 Å². The molecule has 1 fully saturated rings. The Labute approximate surface area is 148 Å². The summed E-state index contributed by atoms with van der Waals surface area (Å²) in [4.78, 5) is 5.56. The Morgan fingerprint density at radius 2 is 2.00 bits per heavy atom. The Balaban J connectivity index is 1.46. The van der Waals surface area contributed by atoms with Crippen molar-refractivity contribution < 1.29 is 17.7 Å². The third-order valence-corrected chi connectivity index (χ3v) is 6.79. The standard InChI is InChI=1S/C16H15N3O4S2/c1-22-12-4-6-13(7-5-12)25(20,21)19-9-11(10-19)16-17-15(18-23-16)14-3-2-8-24-14/h2-8,11H,9-10H2,1H3. The van der Waals surface area contributed by atoms with E-state index >= 15 is 0 Å². The molecular formula is C16H15N3O4S2. The zero-order valence-electron chi connectivity index (χ0n) is 13.3. The van der Waals surface area contributed by atoms with Crippen LogP contribution >= 0.6 is 11.3 Å². The lowest BCUT2D eigenvalue weighted by molar-refractivity contribution is 0.217. The van der Waals surface area contributed by atoms with Gasteiger partial charge in [0, 0.05) is 13.1 Å². The van der Waals surface area contributed by atoms with Gasteiger partial charge in [-0.05, 0) is 35.7 Å². The van der Waals surface area contributed by atoms with Crippen molar-refractivity contribution in [2.75, 3.05) is 20.2 Å². The molecule has 3 aromatic rings. The molecule has 0 unspecified atom stereocenters. The van der Waals surface area contributed by atoms with Crippen LogP contribution in [0.5, 0.6) is 5.75 Å². The van der Waals surface area contributed by atoms with Gasteiger partial charge in [0.1, 0.15) is 5.75 Å². The molecule has 1 saturated heterocycles. The summed E-state index contributed by atoms with van der Waals surface area (Å²) in [6.07, 6.45) is 0. The molecule has 0 aliphatic carbocycles. The molecule has 0 atom stereocenters. The van der Waals surface area contributed by atoms with Gasteiger partial charge in [0.15, 0.2) is 0 Å². The van der Waals surface area contributed by atoms with Gasteiger partial charge in [-0.1, -0.05) is 11.2 Å². The summed E-state index contributed by atoms with van der Waals surface area (Å²) in [5.74, 6) is 1.56. The molecule has 2 aromatic heterocycles. The lowest BCUT2D eigenvalue weighted by Gasteiger charge is -2.35. The first kappa shape index (κ1) is 16.2. The maximum Gasteiger partial charge on any atom is 0.243 e. The van der Waals surface area contributed by atoms with Crippen LogP contribution in [0.3, 0.4) is 0 Å². The monoisotopic (exact) mass is 377 g/mol. The van der Waals surface area contributed by atoms with Crippen molar-refractivity contribution in [3.63, 3.8) is 0 Å². The Morgan fingerprint density at radius 1 is 1.24 bits per heavy atom. The fraction of sp³-hybridized carbons (Fsp3) is 0.250. The van der Waals surface area contributed by atoms with Gasteiger partial charge in [-0.3, -0.25) is 0 Å². The summed E-state index contributed by atoms with van der Waals surface area (Å²) in [6, 6.07) is 10.2. The van der Waals surface area contributed by atoms with Gasteiger partial charge in [-0.25, -0.2) is 8.42 Å². The molecule has 0 radical (unpaired) electrons. The second-order valence-electron chi connectivity index (χ2n) is 5.63. The van der Waals surface area contributed by atoms with E-state index in [-0.39, 0.29) is 10.8 Å². The summed E-state index contributed by atoms with van der Waals surface area (Å²) in [6.45, 7) is 0.668. The SMILES string of the molecule is COc1ccc(S(=O)(=O)N2CC(c3nc(-c4cccs4)no3)C2)cc1. The molecule has 0 N–H and O–H groups in total. The third-order valence-electron chi connectivity index (χ3n) is 4.08. The highest BCUT2D eigenvalue weighted by molar-refractivity contribution is 7.89. The number of aromatic nitrogens is 2. The van der Waals surface area contributed by atoms with E-state index in [4.69, 9.17) is 9.26 Å². The summed E-state index contributed by atoms with van der Waals surface area (Å²) in [7, 11) is -1.97. The molecule has 4 rings (SSSR count). The van der Waals surface area contributed by atoms with E-state index in [1.165, 1.54) is 15.6 Å². The second-order valence-corrected chi connectivity index (χ2v) is 8.51. The first-order valence-corrected chi connectivity index (χ1v) is 9.91. The highest BCUT2D eigenvalue weighted by atomic mass is 32.2. The number of ether oxygens (including phenoxy) is 1. The zero-order chi connectivity index (χ0) is 17.4. The maximum absolute atomic E-state index is 12.6. The van der Waals surface area contributed by atoms with E-state index in [0.717, 1.165) is 4.88 Å². The lowest BCUT2D eigenvalue weighted by atomic mass is 10.0. The predicted molar refractivity (Wildman–Crippen MR) is 92.1 cm³/mol. The van der Waals surface area contributed by atoms with Crippen LogP contribution in [0.1, 0.15) is 11.8 Å². The Kier molecular flexibility index (Phi) is 4.06. The van der Waals surface area contributed by atoms with Crippen molar-refractivity contribution in [3.8, 4) is 16.5 Å². The normalized spacial score (nSPS) is 15.9. The van der Waals surface area contributed by atoms with Crippen LogP contribution in [0, 0.1) is 0 Å². The number of hydrogen-bond acceptors (Lipinski definition) is 7. The predicted octanol–water partition coefficient (Wildman–Crippen LogP) is 2.59. The minimum Gasteiger partial charge on any atom is -0.497 e. The molecule has 0 amide bonds. The van der Waals surface area contributed by atoms with Crippen LogP contribution in [-0.2, 0) is 10.0 Å². The average Bonchev–Trinajstić information content (AvgIpc) is 3.24. The minimum atomic E-state index is -3.51. The van der Waals surface area contributed by atoms with Gasteiger partial charge < -0.3 is 9.26 Å². The number of hydrogen-bond donors (Lipinski definition) is 0. The third kappa shape index (κ3) is 2.94. The topological polar surface area (TPSA) is 85.5 Å². The molecule has 1 aliphatic heterocycles. The van der Waals surface area contributed by atoms with Crippen molar-refractivity contribution in [3.05, 3.63) is 47.7 Å². The fourth-order valence-electron chi connectivity index (χ4n) is 2.59. The molecule has 9 heteroatoms. The molecule has 130 valence electrons. The van der Waals surface area contributed by atoms with Crippen molar-refractivity contribution in [2.45, 2.75) is 10.8 Å². The van der Waals surface area contributed by atoms with Gasteiger partial charge in [-0.15, -0.1) is 11.3 Å². The highest BCUT2D eigenvalue weighted by Crippen LogP contribution is 2.33. The minimum absolute atomic E-state index is 0.0748. The molecule has 0 saturated carbocycles. The summed E-state index contributed by atoms with van der Waals surface area (Å²) in [5.41, 5.74) is 0. The van der Waals surface area contributed by atoms with Crippen molar-refractivity contribution in [2.24, 2.45) is 0 Å². The number of methoxy groups -OCH3 is 1. The Hall–Kier alpha value is -2.23. The molecule has 7 nitrogen and oxygen atoms in total. The zero-order valence-corrected chi connectivity index (χ0v) is 15.0. The van der Waals surface area contributed by atoms with E-state index < -0.39 is 10.0 Å². The van der Waals surface area contributed by atoms with Crippen LogP contribution in [0.25, 0.3) is 10.7 Å². The fourth-order valence-corrected chi connectivity index (χ4v) is 4.77. The number of thiophene rings is 1. The van der Waals surface area contributed by atoms with Crippen molar-refractivity contribution >= 4 is 21.4 Å². The molecule has 0 spiro atoms. The summed E-state index contributed by atoms with van der Waals surface area (Å²) >= 11 is 1.53. The first-order chi connectivity index (χ1) is 12.1. The van der Waals surface area contributed by atoms with E-state index in [9.17, 15) is 8.42 Å². The van der Waals surface area contributed by atoms with Gasteiger partial charge in [0.05, 0.1) is 22.8 Å².